The lowest BCUT2D eigenvalue weighted by atomic mass is 9.95. The number of aryl methyl sites for hydroxylation is 1. The molecule has 3 amide bonds. The fourth-order valence-electron chi connectivity index (χ4n) is 4.32. The molecule has 1 aliphatic rings. The van der Waals surface area contributed by atoms with Crippen LogP contribution in [-0.2, 0) is 16.0 Å². The van der Waals surface area contributed by atoms with Gasteiger partial charge in [0.2, 0.25) is 11.8 Å². The molecule has 200 valence electrons. The van der Waals surface area contributed by atoms with E-state index in [2.05, 4.69) is 19.2 Å². The van der Waals surface area contributed by atoms with Crippen LogP contribution in [-0.4, -0.2) is 53.5 Å². The first-order valence-electron chi connectivity index (χ1n) is 12.9. The third-order valence-corrected chi connectivity index (χ3v) is 6.76. The molecule has 2 heterocycles. The van der Waals surface area contributed by atoms with Crippen molar-refractivity contribution in [1.29, 1.82) is 0 Å². The smallest absolute Gasteiger partial charge is 0.408 e. The van der Waals surface area contributed by atoms with Gasteiger partial charge in [0.15, 0.2) is 5.75 Å². The fraction of sp³-hybridized carbons (Fsp3) is 0.400. The maximum atomic E-state index is 13.3. The van der Waals surface area contributed by atoms with E-state index >= 15 is 0 Å². The number of benzene rings is 2. The topological polar surface area (TPSA) is 91.8 Å². The molecule has 0 radical (unpaired) electrons. The van der Waals surface area contributed by atoms with Crippen LogP contribution in [0.3, 0.4) is 0 Å². The Kier molecular flexibility index (Phi) is 7.44. The first kappa shape index (κ1) is 27.1. The van der Waals surface area contributed by atoms with Crippen molar-refractivity contribution in [3.63, 3.8) is 0 Å². The van der Waals surface area contributed by atoms with Crippen LogP contribution >= 0.6 is 0 Å². The minimum Gasteiger partial charge on any atom is -0.408 e. The van der Waals surface area contributed by atoms with Gasteiger partial charge in [-0.3, -0.25) is 9.59 Å². The van der Waals surface area contributed by atoms with Crippen molar-refractivity contribution in [2.75, 3.05) is 25.0 Å². The van der Waals surface area contributed by atoms with Gasteiger partial charge in [-0.05, 0) is 63.8 Å². The third kappa shape index (κ3) is 5.64. The van der Waals surface area contributed by atoms with Crippen molar-refractivity contribution in [2.45, 2.75) is 53.5 Å². The lowest BCUT2D eigenvalue weighted by molar-refractivity contribution is -0.128. The average Bonchev–Trinajstić information content (AvgIpc) is 2.85. The third-order valence-electron chi connectivity index (χ3n) is 6.76. The lowest BCUT2D eigenvalue weighted by Gasteiger charge is -2.31. The second kappa shape index (κ2) is 10.4. The molecule has 8 heteroatoms. The Morgan fingerprint density at radius 1 is 1.13 bits per heavy atom. The summed E-state index contributed by atoms with van der Waals surface area (Å²) in [4.78, 5) is 46.0. The number of pyridine rings is 1. The Morgan fingerprint density at radius 2 is 1.82 bits per heavy atom. The van der Waals surface area contributed by atoms with E-state index in [-0.39, 0.29) is 30.8 Å². The molecule has 0 bridgehead atoms. The quantitative estimate of drug-likeness (QED) is 0.509. The summed E-state index contributed by atoms with van der Waals surface area (Å²) in [5, 5.41) is 3.32. The van der Waals surface area contributed by atoms with E-state index in [1.54, 1.807) is 11.9 Å². The van der Waals surface area contributed by atoms with Crippen LogP contribution in [0.25, 0.3) is 22.0 Å². The van der Waals surface area contributed by atoms with Gasteiger partial charge in [0.25, 0.3) is 0 Å². The van der Waals surface area contributed by atoms with Crippen molar-refractivity contribution in [3.8, 4) is 16.9 Å². The zero-order valence-electron chi connectivity index (χ0n) is 23.2. The summed E-state index contributed by atoms with van der Waals surface area (Å²) in [5.74, 6) is 0.278. The lowest BCUT2D eigenvalue weighted by Crippen LogP contribution is -2.51. The maximum Gasteiger partial charge on any atom is 0.415 e. The fourth-order valence-corrected chi connectivity index (χ4v) is 4.32. The highest BCUT2D eigenvalue weighted by Crippen LogP contribution is 2.41. The first-order chi connectivity index (χ1) is 17.8. The van der Waals surface area contributed by atoms with E-state index < -0.39 is 11.6 Å². The molecular weight excluding hydrogens is 480 g/mol. The number of hydrogen-bond donors (Lipinski definition) is 1. The van der Waals surface area contributed by atoms with E-state index in [9.17, 15) is 14.4 Å². The summed E-state index contributed by atoms with van der Waals surface area (Å²) in [6, 6.07) is 13.6. The maximum absolute atomic E-state index is 13.3. The summed E-state index contributed by atoms with van der Waals surface area (Å²) in [7, 11) is 1.72. The van der Waals surface area contributed by atoms with Crippen molar-refractivity contribution in [2.24, 2.45) is 5.92 Å². The molecule has 38 heavy (non-hydrogen) atoms. The number of anilines is 1. The molecule has 1 N–H and O–H groups in total. The van der Waals surface area contributed by atoms with Gasteiger partial charge in [-0.25, -0.2) is 9.78 Å². The number of aromatic nitrogens is 1. The number of nitrogens with zero attached hydrogens (tertiary/aromatic N) is 3. The van der Waals surface area contributed by atoms with E-state index in [1.165, 1.54) is 4.90 Å². The van der Waals surface area contributed by atoms with Crippen molar-refractivity contribution >= 4 is 34.5 Å². The highest BCUT2D eigenvalue weighted by molar-refractivity contribution is 6.07. The zero-order valence-corrected chi connectivity index (χ0v) is 23.2. The van der Waals surface area contributed by atoms with Crippen LogP contribution in [0, 0.1) is 12.8 Å². The average molecular weight is 517 g/mol. The number of ether oxygens (including phenoxy) is 1. The number of carbonyl (C=O) groups excluding carboxylic acids is 3. The van der Waals surface area contributed by atoms with Gasteiger partial charge < -0.3 is 19.9 Å². The standard InChI is InChI=1S/C30H36N4O4/c1-18(2)14-24-28(38-29(37)33(7)30(4,5)6)27(20-10-8-19(3)9-11-20)22-15-21(12-13-23(22)32-24)34-17-25(35)31-16-26(34)36/h8-13,15,18H,14,16-17H2,1-7H3,(H,31,35). The van der Waals surface area contributed by atoms with Gasteiger partial charge in [0, 0.05) is 29.2 Å². The van der Waals surface area contributed by atoms with Crippen LogP contribution in [0.5, 0.6) is 5.75 Å². The number of amides is 3. The van der Waals surface area contributed by atoms with Crippen LogP contribution in [0.15, 0.2) is 42.5 Å². The van der Waals surface area contributed by atoms with Crippen molar-refractivity contribution in [3.05, 3.63) is 53.7 Å². The van der Waals surface area contributed by atoms with Crippen LogP contribution in [0.1, 0.15) is 45.9 Å². The monoisotopic (exact) mass is 516 g/mol. The summed E-state index contributed by atoms with van der Waals surface area (Å²) in [6.07, 6.45) is 0.138. The molecule has 0 atom stereocenters. The summed E-state index contributed by atoms with van der Waals surface area (Å²) in [5.41, 5.74) is 4.27. The molecule has 1 fully saturated rings. The molecule has 1 aliphatic heterocycles. The summed E-state index contributed by atoms with van der Waals surface area (Å²) >= 11 is 0. The summed E-state index contributed by atoms with van der Waals surface area (Å²) in [6.45, 7) is 11.9. The van der Waals surface area contributed by atoms with Crippen molar-refractivity contribution < 1.29 is 19.1 Å². The van der Waals surface area contributed by atoms with E-state index in [4.69, 9.17) is 9.72 Å². The largest absolute Gasteiger partial charge is 0.415 e. The molecule has 0 spiro atoms. The van der Waals surface area contributed by atoms with Crippen LogP contribution in [0.4, 0.5) is 10.5 Å². The van der Waals surface area contributed by atoms with Gasteiger partial charge in [-0.15, -0.1) is 0 Å². The number of nitrogens with one attached hydrogen (secondary N) is 1. The molecule has 8 nitrogen and oxygen atoms in total. The molecule has 3 aromatic rings. The molecule has 2 aromatic carbocycles. The first-order valence-corrected chi connectivity index (χ1v) is 12.9. The molecule has 0 saturated carbocycles. The molecular formula is C30H36N4O4. The minimum atomic E-state index is -0.476. The number of rotatable bonds is 5. The van der Waals surface area contributed by atoms with E-state index in [0.29, 0.717) is 23.6 Å². The number of hydrogen-bond acceptors (Lipinski definition) is 5. The van der Waals surface area contributed by atoms with E-state index in [0.717, 1.165) is 27.6 Å². The van der Waals surface area contributed by atoms with Gasteiger partial charge in [0.05, 0.1) is 17.8 Å². The molecule has 1 aromatic heterocycles. The highest BCUT2D eigenvalue weighted by atomic mass is 16.6. The Balaban J connectivity index is 1.98. The second-order valence-electron chi connectivity index (χ2n) is 11.3. The summed E-state index contributed by atoms with van der Waals surface area (Å²) < 4.78 is 6.16. The predicted molar refractivity (Wildman–Crippen MR) is 149 cm³/mol. The SMILES string of the molecule is Cc1ccc(-c2c(OC(=O)N(C)C(C)(C)C)c(CC(C)C)nc3ccc(N4CC(=O)NCC4=O)cc23)cc1. The van der Waals surface area contributed by atoms with E-state index in [1.807, 2.05) is 70.2 Å². The Bertz CT molecular complexity index is 1390. The van der Waals surface area contributed by atoms with Crippen LogP contribution < -0.4 is 15.0 Å². The Hall–Kier alpha value is -3.94. The van der Waals surface area contributed by atoms with Crippen LogP contribution in [0.2, 0.25) is 0 Å². The highest BCUT2D eigenvalue weighted by Gasteiger charge is 2.29. The second-order valence-corrected chi connectivity index (χ2v) is 11.3. The minimum absolute atomic E-state index is 0.0464. The number of fused-ring (bicyclic) bond motifs is 1. The number of carbonyl (C=O) groups is 3. The molecule has 1 saturated heterocycles. The Labute approximate surface area is 224 Å². The van der Waals surface area contributed by atoms with Gasteiger partial charge in [-0.2, -0.15) is 0 Å². The molecule has 0 unspecified atom stereocenters. The van der Waals surface area contributed by atoms with Crippen molar-refractivity contribution in [1.82, 2.24) is 15.2 Å². The number of piperazine rings is 1. The normalized spacial score (nSPS) is 14.2. The molecule has 4 rings (SSSR count). The van der Waals surface area contributed by atoms with Gasteiger partial charge in [-0.1, -0.05) is 43.7 Å². The Morgan fingerprint density at radius 3 is 2.45 bits per heavy atom. The zero-order chi connectivity index (χ0) is 27.8. The van der Waals surface area contributed by atoms with Gasteiger partial charge in [0.1, 0.15) is 6.54 Å². The predicted octanol–water partition coefficient (Wildman–Crippen LogP) is 5.10. The molecule has 0 aliphatic carbocycles. The van der Waals surface area contributed by atoms with Gasteiger partial charge >= 0.3 is 6.09 Å².